The van der Waals surface area contributed by atoms with Crippen LogP contribution in [-0.4, -0.2) is 12.1 Å². The van der Waals surface area contributed by atoms with Crippen molar-refractivity contribution in [2.75, 3.05) is 0 Å². The molecule has 56 valence electrons. The van der Waals surface area contributed by atoms with E-state index in [1.165, 1.54) is 0 Å². The zero-order chi connectivity index (χ0) is 7.68. The van der Waals surface area contributed by atoms with E-state index < -0.39 is 0 Å². The first kappa shape index (κ1) is 6.40. The van der Waals surface area contributed by atoms with Gasteiger partial charge in [0.15, 0.2) is 0 Å². The SMILES string of the molecule is O=C1OC2C=CC1/C=C\C=C/2. The molecule has 0 amide bonds. The summed E-state index contributed by atoms with van der Waals surface area (Å²) in [4.78, 5) is 11.1. The van der Waals surface area contributed by atoms with Gasteiger partial charge in [0, 0.05) is 0 Å². The maximum Gasteiger partial charge on any atom is 0.317 e. The third kappa shape index (κ3) is 1.11. The average molecular weight is 148 g/mol. The smallest absolute Gasteiger partial charge is 0.317 e. The number of ether oxygens (including phenoxy) is 1. The van der Waals surface area contributed by atoms with Gasteiger partial charge in [-0.2, -0.15) is 0 Å². The molecule has 2 heteroatoms. The van der Waals surface area contributed by atoms with Gasteiger partial charge in [0.1, 0.15) is 6.10 Å². The van der Waals surface area contributed by atoms with E-state index in [0.717, 1.165) is 0 Å². The van der Waals surface area contributed by atoms with E-state index in [2.05, 4.69) is 0 Å². The Morgan fingerprint density at radius 2 is 1.91 bits per heavy atom. The Labute approximate surface area is 64.9 Å². The first-order valence-corrected chi connectivity index (χ1v) is 3.60. The zero-order valence-corrected chi connectivity index (χ0v) is 5.94. The van der Waals surface area contributed by atoms with Crippen LogP contribution in [0.4, 0.5) is 0 Å². The monoisotopic (exact) mass is 148 g/mol. The number of hydrogen-bond acceptors (Lipinski definition) is 2. The number of hydrogen-bond donors (Lipinski definition) is 0. The lowest BCUT2D eigenvalue weighted by molar-refractivity contribution is -0.148. The fraction of sp³-hybridized carbons (Fsp3) is 0.222. The molecular weight excluding hydrogens is 140 g/mol. The number of rotatable bonds is 0. The van der Waals surface area contributed by atoms with Crippen LogP contribution in [0.25, 0.3) is 0 Å². The second-order valence-corrected chi connectivity index (χ2v) is 2.58. The molecule has 0 aromatic heterocycles. The number of allylic oxidation sites excluding steroid dienone is 2. The molecule has 0 saturated heterocycles. The van der Waals surface area contributed by atoms with Crippen LogP contribution in [0.2, 0.25) is 0 Å². The Hall–Kier alpha value is -1.31. The van der Waals surface area contributed by atoms with Gasteiger partial charge in [-0.05, 0) is 12.2 Å². The van der Waals surface area contributed by atoms with E-state index in [0.29, 0.717) is 0 Å². The van der Waals surface area contributed by atoms with Gasteiger partial charge in [0.2, 0.25) is 0 Å². The maximum atomic E-state index is 11.1. The summed E-state index contributed by atoms with van der Waals surface area (Å²) in [6.45, 7) is 0. The maximum absolute atomic E-state index is 11.1. The van der Waals surface area contributed by atoms with Crippen LogP contribution < -0.4 is 0 Å². The number of esters is 1. The summed E-state index contributed by atoms with van der Waals surface area (Å²) in [6.07, 6.45) is 11.1. The number of carbonyl (C=O) groups excluding carboxylic acids is 1. The highest BCUT2D eigenvalue weighted by Gasteiger charge is 2.22. The van der Waals surface area contributed by atoms with E-state index in [-0.39, 0.29) is 18.0 Å². The molecule has 2 heterocycles. The first-order valence-electron chi connectivity index (χ1n) is 3.60. The van der Waals surface area contributed by atoms with Gasteiger partial charge in [-0.15, -0.1) is 0 Å². The molecule has 2 unspecified atom stereocenters. The van der Waals surface area contributed by atoms with Crippen LogP contribution in [0.5, 0.6) is 0 Å². The minimum atomic E-state index is -0.170. The Bertz CT molecular complexity index is 261. The molecule has 1 aliphatic carbocycles. The second kappa shape index (κ2) is 2.38. The highest BCUT2D eigenvalue weighted by molar-refractivity contribution is 5.78. The van der Waals surface area contributed by atoms with Crippen molar-refractivity contribution in [1.29, 1.82) is 0 Å². The lowest BCUT2D eigenvalue weighted by atomic mass is 10.0. The van der Waals surface area contributed by atoms with E-state index in [1.54, 1.807) is 0 Å². The van der Waals surface area contributed by atoms with Crippen LogP contribution in [0.3, 0.4) is 0 Å². The molecule has 0 aromatic rings. The second-order valence-electron chi connectivity index (χ2n) is 2.58. The summed E-state index contributed by atoms with van der Waals surface area (Å²) >= 11 is 0. The zero-order valence-electron chi connectivity index (χ0n) is 5.94. The van der Waals surface area contributed by atoms with Gasteiger partial charge >= 0.3 is 5.97 Å². The van der Waals surface area contributed by atoms with E-state index in [9.17, 15) is 4.79 Å². The minimum absolute atomic E-state index is 0.149. The molecule has 0 fully saturated rings. The lowest BCUT2D eigenvalue weighted by Gasteiger charge is -2.19. The van der Waals surface area contributed by atoms with Gasteiger partial charge < -0.3 is 4.74 Å². The Morgan fingerprint density at radius 1 is 1.09 bits per heavy atom. The highest BCUT2D eigenvalue weighted by Crippen LogP contribution is 2.17. The van der Waals surface area contributed by atoms with E-state index in [4.69, 9.17) is 4.74 Å². The molecule has 2 bridgehead atoms. The van der Waals surface area contributed by atoms with Crippen molar-refractivity contribution in [1.82, 2.24) is 0 Å². The predicted molar refractivity (Wildman–Crippen MR) is 40.8 cm³/mol. The minimum Gasteiger partial charge on any atom is -0.453 e. The molecule has 0 N–H and O–H groups in total. The molecule has 2 aliphatic heterocycles. The van der Waals surface area contributed by atoms with Crippen molar-refractivity contribution < 1.29 is 9.53 Å². The van der Waals surface area contributed by atoms with Crippen LogP contribution >= 0.6 is 0 Å². The van der Waals surface area contributed by atoms with Gasteiger partial charge in [0.05, 0.1) is 5.92 Å². The molecule has 2 atom stereocenters. The molecule has 0 spiro atoms. The molecule has 3 rings (SSSR count). The molecule has 11 heavy (non-hydrogen) atoms. The van der Waals surface area contributed by atoms with Crippen LogP contribution in [0, 0.1) is 5.92 Å². The topological polar surface area (TPSA) is 26.3 Å². The standard InChI is InChI=1S/C9H8O2/c10-9-7-3-1-2-4-8(11-9)6-5-7/h1-8H/b3-1-,4-2-. The van der Waals surface area contributed by atoms with E-state index in [1.807, 2.05) is 36.5 Å². The Kier molecular flexibility index (Phi) is 1.39. The summed E-state index contributed by atoms with van der Waals surface area (Å²) in [5.74, 6) is -0.325. The number of fused-ring (bicyclic) bond motifs is 2. The van der Waals surface area contributed by atoms with E-state index >= 15 is 0 Å². The summed E-state index contributed by atoms with van der Waals surface area (Å²) in [6, 6.07) is 0. The summed E-state index contributed by atoms with van der Waals surface area (Å²) in [5.41, 5.74) is 0. The van der Waals surface area contributed by atoms with Gasteiger partial charge in [-0.3, -0.25) is 4.79 Å². The molecule has 3 aliphatic rings. The van der Waals surface area contributed by atoms with Gasteiger partial charge in [0.25, 0.3) is 0 Å². The van der Waals surface area contributed by atoms with Gasteiger partial charge in [-0.25, -0.2) is 0 Å². The van der Waals surface area contributed by atoms with Crippen LogP contribution in [0.1, 0.15) is 0 Å². The Morgan fingerprint density at radius 3 is 2.73 bits per heavy atom. The average Bonchev–Trinajstić information content (AvgIpc) is 1.92. The van der Waals surface area contributed by atoms with Crippen molar-refractivity contribution >= 4 is 5.97 Å². The summed E-state index contributed by atoms with van der Waals surface area (Å²) < 4.78 is 5.03. The summed E-state index contributed by atoms with van der Waals surface area (Å²) in [5, 5.41) is 0. The number of carbonyl (C=O) groups is 1. The fourth-order valence-corrected chi connectivity index (χ4v) is 1.16. The molecule has 0 radical (unpaired) electrons. The molecule has 2 nitrogen and oxygen atoms in total. The van der Waals surface area contributed by atoms with Crippen molar-refractivity contribution in [3.63, 3.8) is 0 Å². The largest absolute Gasteiger partial charge is 0.453 e. The van der Waals surface area contributed by atoms with Crippen molar-refractivity contribution in [3.8, 4) is 0 Å². The van der Waals surface area contributed by atoms with Crippen molar-refractivity contribution in [2.24, 2.45) is 5.92 Å². The highest BCUT2D eigenvalue weighted by atomic mass is 16.5. The molecular formula is C9H8O2. The predicted octanol–water partition coefficient (Wildman–Crippen LogP) is 1.21. The third-order valence-corrected chi connectivity index (χ3v) is 1.76. The van der Waals surface area contributed by atoms with Crippen LogP contribution in [0.15, 0.2) is 36.5 Å². The molecule has 0 aromatic carbocycles. The third-order valence-electron chi connectivity index (χ3n) is 1.76. The quantitative estimate of drug-likeness (QED) is 0.381. The van der Waals surface area contributed by atoms with Gasteiger partial charge in [-0.1, -0.05) is 24.3 Å². The normalized spacial score (nSPS) is 39.1. The molecule has 0 saturated carbocycles. The first-order chi connectivity index (χ1) is 5.36. The van der Waals surface area contributed by atoms with Crippen molar-refractivity contribution in [3.05, 3.63) is 36.5 Å². The fourth-order valence-electron chi connectivity index (χ4n) is 1.16. The van der Waals surface area contributed by atoms with Crippen molar-refractivity contribution in [2.45, 2.75) is 6.10 Å². The van der Waals surface area contributed by atoms with Crippen LogP contribution in [-0.2, 0) is 9.53 Å². The lowest BCUT2D eigenvalue weighted by Crippen LogP contribution is -2.25. The summed E-state index contributed by atoms with van der Waals surface area (Å²) in [7, 11) is 0. The Balaban J connectivity index is 2.38.